The average Bonchev–Trinajstić information content (AvgIpc) is 3.39. The van der Waals surface area contributed by atoms with Crippen LogP contribution in [0, 0.1) is 0 Å². The Kier molecular flexibility index (Phi) is 4.21. The first-order valence-electron chi connectivity index (χ1n) is 7.79. The SMILES string of the molecule is O=C(OCc1nnc(-c2ccccc2)o1)c1ccnc(-n2ccnc2)c1. The third-order valence-electron chi connectivity index (χ3n) is 3.56. The van der Waals surface area contributed by atoms with Crippen molar-refractivity contribution in [1.29, 1.82) is 0 Å². The lowest BCUT2D eigenvalue weighted by molar-refractivity contribution is 0.0438. The molecule has 4 rings (SSSR count). The van der Waals surface area contributed by atoms with Gasteiger partial charge >= 0.3 is 5.97 Å². The van der Waals surface area contributed by atoms with Gasteiger partial charge in [0.2, 0.25) is 5.89 Å². The van der Waals surface area contributed by atoms with E-state index in [0.717, 1.165) is 5.56 Å². The predicted octanol–water partition coefficient (Wildman–Crippen LogP) is 2.67. The smallest absolute Gasteiger partial charge is 0.338 e. The lowest BCUT2D eigenvalue weighted by atomic mass is 10.2. The van der Waals surface area contributed by atoms with E-state index in [0.29, 0.717) is 17.3 Å². The summed E-state index contributed by atoms with van der Waals surface area (Å²) in [5.41, 5.74) is 1.17. The predicted molar refractivity (Wildman–Crippen MR) is 90.2 cm³/mol. The van der Waals surface area contributed by atoms with Gasteiger partial charge in [-0.25, -0.2) is 14.8 Å². The van der Waals surface area contributed by atoms with Crippen LogP contribution in [-0.4, -0.2) is 30.7 Å². The molecule has 0 bridgehead atoms. The van der Waals surface area contributed by atoms with Crippen molar-refractivity contribution in [3.8, 4) is 17.3 Å². The maximum atomic E-state index is 12.3. The van der Waals surface area contributed by atoms with Gasteiger partial charge in [0.1, 0.15) is 12.1 Å². The zero-order valence-corrected chi connectivity index (χ0v) is 13.5. The maximum Gasteiger partial charge on any atom is 0.338 e. The van der Waals surface area contributed by atoms with Crippen molar-refractivity contribution in [1.82, 2.24) is 24.7 Å². The van der Waals surface area contributed by atoms with E-state index in [9.17, 15) is 4.79 Å². The number of rotatable bonds is 5. The van der Waals surface area contributed by atoms with E-state index in [-0.39, 0.29) is 12.5 Å². The van der Waals surface area contributed by atoms with Gasteiger partial charge < -0.3 is 9.15 Å². The Bertz CT molecular complexity index is 1010. The minimum absolute atomic E-state index is 0.110. The van der Waals surface area contributed by atoms with Gasteiger partial charge in [-0.1, -0.05) is 18.2 Å². The Balaban J connectivity index is 1.43. The van der Waals surface area contributed by atoms with Gasteiger partial charge in [-0.15, -0.1) is 10.2 Å². The molecule has 0 aliphatic rings. The highest BCUT2D eigenvalue weighted by molar-refractivity contribution is 5.89. The average molecular weight is 347 g/mol. The van der Waals surface area contributed by atoms with Crippen molar-refractivity contribution < 1.29 is 13.9 Å². The van der Waals surface area contributed by atoms with Crippen LogP contribution >= 0.6 is 0 Å². The molecule has 0 N–H and O–H groups in total. The van der Waals surface area contributed by atoms with Crippen LogP contribution in [0.4, 0.5) is 0 Å². The van der Waals surface area contributed by atoms with Crippen molar-refractivity contribution in [2.75, 3.05) is 0 Å². The fourth-order valence-corrected chi connectivity index (χ4v) is 2.30. The first-order valence-corrected chi connectivity index (χ1v) is 7.79. The molecule has 3 heterocycles. The van der Waals surface area contributed by atoms with Crippen LogP contribution in [0.2, 0.25) is 0 Å². The van der Waals surface area contributed by atoms with Gasteiger partial charge in [0.25, 0.3) is 5.89 Å². The van der Waals surface area contributed by atoms with Crippen molar-refractivity contribution in [2.24, 2.45) is 0 Å². The van der Waals surface area contributed by atoms with Crippen LogP contribution < -0.4 is 0 Å². The third-order valence-corrected chi connectivity index (χ3v) is 3.56. The van der Waals surface area contributed by atoms with Crippen molar-refractivity contribution >= 4 is 5.97 Å². The second kappa shape index (κ2) is 6.98. The molecule has 0 aliphatic heterocycles. The number of esters is 1. The number of imidazole rings is 1. The van der Waals surface area contributed by atoms with Crippen LogP contribution in [0.25, 0.3) is 17.3 Å². The number of pyridine rings is 1. The fraction of sp³-hybridized carbons (Fsp3) is 0.0556. The quantitative estimate of drug-likeness (QED) is 0.512. The van der Waals surface area contributed by atoms with Crippen LogP contribution in [0.1, 0.15) is 16.2 Å². The summed E-state index contributed by atoms with van der Waals surface area (Å²) in [5.74, 6) is 0.665. The molecule has 0 radical (unpaired) electrons. The van der Waals surface area contributed by atoms with E-state index in [4.69, 9.17) is 9.15 Å². The zero-order chi connectivity index (χ0) is 17.8. The van der Waals surface area contributed by atoms with Crippen LogP contribution in [0.3, 0.4) is 0 Å². The molecule has 26 heavy (non-hydrogen) atoms. The van der Waals surface area contributed by atoms with Gasteiger partial charge in [-0.2, -0.15) is 0 Å². The molecular formula is C18H13N5O3. The maximum absolute atomic E-state index is 12.3. The fourth-order valence-electron chi connectivity index (χ4n) is 2.30. The van der Waals surface area contributed by atoms with E-state index in [1.807, 2.05) is 30.3 Å². The molecule has 0 unspecified atom stereocenters. The van der Waals surface area contributed by atoms with Gasteiger partial charge in [0.15, 0.2) is 6.61 Å². The second-order valence-corrected chi connectivity index (χ2v) is 5.32. The zero-order valence-electron chi connectivity index (χ0n) is 13.5. The van der Waals surface area contributed by atoms with E-state index in [1.165, 1.54) is 6.20 Å². The third kappa shape index (κ3) is 3.34. The number of nitrogens with zero attached hydrogens (tertiary/aromatic N) is 5. The highest BCUT2D eigenvalue weighted by Gasteiger charge is 2.13. The lowest BCUT2D eigenvalue weighted by Gasteiger charge is -2.04. The molecule has 0 atom stereocenters. The van der Waals surface area contributed by atoms with E-state index >= 15 is 0 Å². The Morgan fingerprint density at radius 2 is 2.00 bits per heavy atom. The summed E-state index contributed by atoms with van der Waals surface area (Å²) in [6.45, 7) is -0.110. The Labute approximate surface area is 148 Å². The van der Waals surface area contributed by atoms with Gasteiger partial charge in [0, 0.05) is 24.2 Å². The van der Waals surface area contributed by atoms with E-state index in [2.05, 4.69) is 20.2 Å². The molecule has 8 nitrogen and oxygen atoms in total. The number of hydrogen-bond acceptors (Lipinski definition) is 7. The first-order chi connectivity index (χ1) is 12.8. The molecule has 3 aromatic heterocycles. The Morgan fingerprint density at radius 1 is 1.12 bits per heavy atom. The highest BCUT2D eigenvalue weighted by atomic mass is 16.5. The molecule has 1 aromatic carbocycles. The minimum Gasteiger partial charge on any atom is -0.452 e. The molecule has 128 valence electrons. The molecule has 0 spiro atoms. The molecule has 0 saturated carbocycles. The number of hydrogen-bond donors (Lipinski definition) is 0. The van der Waals surface area contributed by atoms with Gasteiger partial charge in [-0.05, 0) is 24.3 Å². The molecule has 4 aromatic rings. The van der Waals surface area contributed by atoms with Gasteiger partial charge in [-0.3, -0.25) is 4.57 Å². The van der Waals surface area contributed by atoms with Crippen LogP contribution in [0.15, 0.2) is 71.8 Å². The highest BCUT2D eigenvalue weighted by Crippen LogP contribution is 2.17. The monoisotopic (exact) mass is 347 g/mol. The van der Waals surface area contributed by atoms with E-state index in [1.54, 1.807) is 35.4 Å². The molecule has 8 heteroatoms. The molecule has 0 saturated heterocycles. The van der Waals surface area contributed by atoms with Crippen molar-refractivity contribution in [3.05, 3.63) is 78.8 Å². The van der Waals surface area contributed by atoms with Crippen molar-refractivity contribution in [3.63, 3.8) is 0 Å². The summed E-state index contributed by atoms with van der Waals surface area (Å²) in [6, 6.07) is 12.6. The van der Waals surface area contributed by atoms with Crippen LogP contribution in [0.5, 0.6) is 0 Å². The summed E-state index contributed by atoms with van der Waals surface area (Å²) in [5, 5.41) is 7.85. The lowest BCUT2D eigenvalue weighted by Crippen LogP contribution is -2.07. The molecule has 0 aliphatic carbocycles. The summed E-state index contributed by atoms with van der Waals surface area (Å²) >= 11 is 0. The summed E-state index contributed by atoms with van der Waals surface area (Å²) in [4.78, 5) is 20.4. The summed E-state index contributed by atoms with van der Waals surface area (Å²) in [7, 11) is 0. The van der Waals surface area contributed by atoms with Gasteiger partial charge in [0.05, 0.1) is 5.56 Å². The normalized spacial score (nSPS) is 10.6. The Hall–Kier alpha value is -3.81. The minimum atomic E-state index is -0.506. The number of carbonyl (C=O) groups excluding carboxylic acids is 1. The van der Waals surface area contributed by atoms with E-state index < -0.39 is 5.97 Å². The molecule has 0 fully saturated rings. The topological polar surface area (TPSA) is 95.9 Å². The molecule has 0 amide bonds. The summed E-state index contributed by atoms with van der Waals surface area (Å²) < 4.78 is 12.5. The number of carbonyl (C=O) groups is 1. The van der Waals surface area contributed by atoms with Crippen LogP contribution in [-0.2, 0) is 11.3 Å². The molecular weight excluding hydrogens is 334 g/mol. The largest absolute Gasteiger partial charge is 0.452 e. The number of benzene rings is 1. The second-order valence-electron chi connectivity index (χ2n) is 5.32. The van der Waals surface area contributed by atoms with Crippen molar-refractivity contribution in [2.45, 2.75) is 6.61 Å². The standard InChI is InChI=1S/C18H13N5O3/c24-18(14-6-7-20-15(10-14)23-9-8-19-12-23)25-11-16-21-22-17(26-16)13-4-2-1-3-5-13/h1-10,12H,11H2. The number of aromatic nitrogens is 5. The number of ether oxygens (including phenoxy) is 1. The first kappa shape index (κ1) is 15.7. The summed E-state index contributed by atoms with van der Waals surface area (Å²) in [6.07, 6.45) is 6.50. The Morgan fingerprint density at radius 3 is 2.81 bits per heavy atom.